The van der Waals surface area contributed by atoms with Crippen LogP contribution in [-0.2, 0) is 6.42 Å². The molecule has 6 nitrogen and oxygen atoms in total. The lowest BCUT2D eigenvalue weighted by molar-refractivity contribution is 0.174. The SMILES string of the molecule is CCC1(C2=NC(C)=C(c3ccc4c(c3)OCO4)C2)CCN(c2ncnc3c2C=C(C)C3)CC1. The minimum Gasteiger partial charge on any atom is -0.454 e. The molecule has 1 aromatic carbocycles. The van der Waals surface area contributed by atoms with Gasteiger partial charge < -0.3 is 14.4 Å². The maximum atomic E-state index is 5.61. The summed E-state index contributed by atoms with van der Waals surface area (Å²) in [6, 6.07) is 6.25. The zero-order valence-corrected chi connectivity index (χ0v) is 19.6. The standard InChI is InChI=1S/C27H30N4O2/c1-4-27(7-9-31(10-8-27)26-21-11-17(2)12-22(21)28-15-29-26)25-14-20(18(3)30-25)19-5-6-23-24(13-19)33-16-32-23/h5-6,11,13,15H,4,7-10,12,14,16H2,1-3H3. The van der Waals surface area contributed by atoms with E-state index in [1.807, 2.05) is 6.07 Å². The summed E-state index contributed by atoms with van der Waals surface area (Å²) in [7, 11) is 0. The molecule has 4 aliphatic rings. The van der Waals surface area contributed by atoms with Crippen LogP contribution in [-0.4, -0.2) is 35.6 Å². The van der Waals surface area contributed by atoms with Crippen molar-refractivity contribution in [2.75, 3.05) is 24.8 Å². The zero-order valence-electron chi connectivity index (χ0n) is 19.6. The van der Waals surface area contributed by atoms with Gasteiger partial charge in [0, 0.05) is 48.3 Å². The maximum Gasteiger partial charge on any atom is 0.231 e. The number of aromatic nitrogens is 2. The normalized spacial score (nSPS) is 20.8. The molecule has 1 aliphatic carbocycles. The molecule has 33 heavy (non-hydrogen) atoms. The molecule has 6 rings (SSSR count). The third-order valence-corrected chi connectivity index (χ3v) is 7.90. The Labute approximate surface area is 195 Å². The smallest absolute Gasteiger partial charge is 0.231 e. The summed E-state index contributed by atoms with van der Waals surface area (Å²) in [6.45, 7) is 8.95. The van der Waals surface area contributed by atoms with E-state index in [0.29, 0.717) is 6.79 Å². The Morgan fingerprint density at radius 2 is 1.85 bits per heavy atom. The molecule has 6 heteroatoms. The molecule has 4 heterocycles. The van der Waals surface area contributed by atoms with Crippen LogP contribution in [0, 0.1) is 5.41 Å². The number of hydrogen-bond acceptors (Lipinski definition) is 6. The topological polar surface area (TPSA) is 59.8 Å². The first-order valence-corrected chi connectivity index (χ1v) is 12.0. The third-order valence-electron chi connectivity index (χ3n) is 7.90. The van der Waals surface area contributed by atoms with E-state index in [1.54, 1.807) is 6.33 Å². The van der Waals surface area contributed by atoms with Crippen LogP contribution in [0.4, 0.5) is 5.82 Å². The first-order valence-electron chi connectivity index (χ1n) is 12.0. The number of fused-ring (bicyclic) bond motifs is 2. The number of piperidine rings is 1. The van der Waals surface area contributed by atoms with Gasteiger partial charge in [-0.3, -0.25) is 4.99 Å². The largest absolute Gasteiger partial charge is 0.454 e. The summed E-state index contributed by atoms with van der Waals surface area (Å²) < 4.78 is 11.1. The van der Waals surface area contributed by atoms with E-state index in [-0.39, 0.29) is 5.41 Å². The predicted molar refractivity (Wildman–Crippen MR) is 131 cm³/mol. The average Bonchev–Trinajstić information content (AvgIpc) is 3.55. The molecule has 0 radical (unpaired) electrons. The number of nitrogens with zero attached hydrogens (tertiary/aromatic N) is 4. The molecule has 0 amide bonds. The summed E-state index contributed by atoms with van der Waals surface area (Å²) in [5, 5.41) is 0. The number of aliphatic imine (C=N–C) groups is 1. The molecule has 0 N–H and O–H groups in total. The van der Waals surface area contributed by atoms with Crippen LogP contribution in [0.1, 0.15) is 63.3 Å². The number of ether oxygens (including phenoxy) is 2. The minimum absolute atomic E-state index is 0.151. The van der Waals surface area contributed by atoms with E-state index in [9.17, 15) is 0 Å². The van der Waals surface area contributed by atoms with Gasteiger partial charge in [0.1, 0.15) is 12.1 Å². The van der Waals surface area contributed by atoms with E-state index in [1.165, 1.54) is 28.0 Å². The first kappa shape index (κ1) is 20.5. The summed E-state index contributed by atoms with van der Waals surface area (Å²) in [5.74, 6) is 2.77. The molecule has 0 saturated carbocycles. The summed E-state index contributed by atoms with van der Waals surface area (Å²) in [6.07, 6.45) is 9.18. The van der Waals surface area contributed by atoms with E-state index in [0.717, 1.165) is 73.9 Å². The van der Waals surface area contributed by atoms with Crippen LogP contribution in [0.3, 0.4) is 0 Å². The van der Waals surface area contributed by atoms with Crippen molar-refractivity contribution in [3.8, 4) is 11.5 Å². The Morgan fingerprint density at radius 1 is 1.03 bits per heavy atom. The van der Waals surface area contributed by atoms with Gasteiger partial charge in [-0.15, -0.1) is 0 Å². The molecule has 0 bridgehead atoms. The third kappa shape index (κ3) is 3.35. The molecule has 0 spiro atoms. The van der Waals surface area contributed by atoms with Crippen LogP contribution < -0.4 is 14.4 Å². The first-order chi connectivity index (χ1) is 16.1. The highest BCUT2D eigenvalue weighted by Gasteiger charge is 2.40. The second-order valence-electron chi connectivity index (χ2n) is 9.71. The fraction of sp³-hybridized carbons (Fsp3) is 0.444. The van der Waals surface area contributed by atoms with Gasteiger partial charge in [-0.2, -0.15) is 0 Å². The fourth-order valence-corrected chi connectivity index (χ4v) is 5.82. The van der Waals surface area contributed by atoms with Crippen molar-refractivity contribution in [3.63, 3.8) is 0 Å². The molecular formula is C27H30N4O2. The molecule has 2 aromatic rings. The Morgan fingerprint density at radius 3 is 2.67 bits per heavy atom. The van der Waals surface area contributed by atoms with Crippen LogP contribution in [0.5, 0.6) is 11.5 Å². The average molecular weight is 443 g/mol. The second-order valence-corrected chi connectivity index (χ2v) is 9.71. The maximum absolute atomic E-state index is 5.61. The predicted octanol–water partition coefficient (Wildman–Crippen LogP) is 5.44. The lowest BCUT2D eigenvalue weighted by Gasteiger charge is -2.42. The minimum atomic E-state index is 0.151. The highest BCUT2D eigenvalue weighted by molar-refractivity contribution is 6.03. The van der Waals surface area contributed by atoms with Gasteiger partial charge in [0.25, 0.3) is 0 Å². The molecular weight excluding hydrogens is 412 g/mol. The van der Waals surface area contributed by atoms with Gasteiger partial charge >= 0.3 is 0 Å². The zero-order chi connectivity index (χ0) is 22.6. The van der Waals surface area contributed by atoms with Gasteiger partial charge in [-0.25, -0.2) is 9.97 Å². The monoisotopic (exact) mass is 442 g/mol. The summed E-state index contributed by atoms with van der Waals surface area (Å²) in [4.78, 5) is 16.8. The number of hydrogen-bond donors (Lipinski definition) is 0. The van der Waals surface area contributed by atoms with E-state index < -0.39 is 0 Å². The van der Waals surface area contributed by atoms with Gasteiger partial charge in [0.15, 0.2) is 11.5 Å². The number of benzene rings is 1. The Balaban J connectivity index is 1.20. The molecule has 0 atom stereocenters. The Kier molecular flexibility index (Phi) is 4.78. The van der Waals surface area contributed by atoms with Crippen molar-refractivity contribution in [1.29, 1.82) is 0 Å². The Bertz CT molecular complexity index is 1220. The Hall–Kier alpha value is -3.15. The summed E-state index contributed by atoms with van der Waals surface area (Å²) in [5.41, 5.74) is 8.89. The number of rotatable bonds is 4. The quantitative estimate of drug-likeness (QED) is 0.631. The van der Waals surface area contributed by atoms with Crippen molar-refractivity contribution in [1.82, 2.24) is 9.97 Å². The molecule has 1 fully saturated rings. The lowest BCUT2D eigenvalue weighted by atomic mass is 9.71. The summed E-state index contributed by atoms with van der Waals surface area (Å²) >= 11 is 0. The van der Waals surface area contributed by atoms with Crippen molar-refractivity contribution in [3.05, 3.63) is 52.6 Å². The van der Waals surface area contributed by atoms with Gasteiger partial charge in [0.05, 0.1) is 5.69 Å². The highest BCUT2D eigenvalue weighted by Crippen LogP contribution is 2.45. The molecule has 0 unspecified atom stereocenters. The van der Waals surface area contributed by atoms with E-state index in [4.69, 9.17) is 14.5 Å². The fourth-order valence-electron chi connectivity index (χ4n) is 5.82. The van der Waals surface area contributed by atoms with Gasteiger partial charge in [-0.1, -0.05) is 24.6 Å². The van der Waals surface area contributed by atoms with Crippen molar-refractivity contribution in [2.45, 2.75) is 52.9 Å². The van der Waals surface area contributed by atoms with E-state index in [2.05, 4.69) is 53.8 Å². The van der Waals surface area contributed by atoms with Crippen LogP contribution in [0.2, 0.25) is 0 Å². The molecule has 1 saturated heterocycles. The van der Waals surface area contributed by atoms with Crippen LogP contribution in [0.25, 0.3) is 11.6 Å². The van der Waals surface area contributed by atoms with Crippen molar-refractivity contribution in [2.24, 2.45) is 10.4 Å². The lowest BCUT2D eigenvalue weighted by Crippen LogP contribution is -2.44. The molecule has 170 valence electrons. The van der Waals surface area contributed by atoms with Crippen LogP contribution >= 0.6 is 0 Å². The van der Waals surface area contributed by atoms with Gasteiger partial charge in [0.2, 0.25) is 6.79 Å². The van der Waals surface area contributed by atoms with Crippen molar-refractivity contribution < 1.29 is 9.47 Å². The number of anilines is 1. The second kappa shape index (κ2) is 7.72. The number of allylic oxidation sites excluding steroid dienone is 3. The van der Waals surface area contributed by atoms with Crippen molar-refractivity contribution >= 4 is 23.2 Å². The van der Waals surface area contributed by atoms with Gasteiger partial charge in [-0.05, 0) is 56.4 Å². The molecule has 1 aromatic heterocycles. The van der Waals surface area contributed by atoms with Crippen LogP contribution in [0.15, 0.2) is 40.8 Å². The highest BCUT2D eigenvalue weighted by atomic mass is 16.7. The van der Waals surface area contributed by atoms with E-state index >= 15 is 0 Å². The molecule has 3 aliphatic heterocycles.